The summed E-state index contributed by atoms with van der Waals surface area (Å²) in [4.78, 5) is 23.7. The van der Waals surface area contributed by atoms with E-state index in [1.54, 1.807) is 31.4 Å². The van der Waals surface area contributed by atoms with Crippen molar-refractivity contribution in [3.05, 3.63) is 59.7 Å². The van der Waals surface area contributed by atoms with Gasteiger partial charge in [-0.3, -0.25) is 14.2 Å². The molecule has 0 saturated heterocycles. The molecule has 0 saturated carbocycles. The van der Waals surface area contributed by atoms with Gasteiger partial charge in [0.15, 0.2) is 16.8 Å². The van der Waals surface area contributed by atoms with Gasteiger partial charge in [-0.1, -0.05) is 35.5 Å². The van der Waals surface area contributed by atoms with Crippen molar-refractivity contribution >= 4 is 29.1 Å². The zero-order chi connectivity index (χ0) is 21.5. The molecule has 0 aliphatic heterocycles. The van der Waals surface area contributed by atoms with Crippen LogP contribution in [0, 0.1) is 6.92 Å². The number of aromatic nitrogens is 3. The number of ether oxygens (including phenoxy) is 1. The molecule has 3 aromatic rings. The first-order chi connectivity index (χ1) is 14.5. The summed E-state index contributed by atoms with van der Waals surface area (Å²) in [7, 11) is 1.65. The number of carbonyl (C=O) groups excluding carboxylic acids is 2. The molecule has 0 fully saturated rings. The molecule has 7 nitrogen and oxygen atoms in total. The Bertz CT molecular complexity index is 1030. The first kappa shape index (κ1) is 21.7. The van der Waals surface area contributed by atoms with Crippen molar-refractivity contribution in [2.45, 2.75) is 25.5 Å². The summed E-state index contributed by atoms with van der Waals surface area (Å²) in [6.07, 6.45) is 0. The van der Waals surface area contributed by atoms with E-state index in [2.05, 4.69) is 21.6 Å². The number of carbonyl (C=O) groups is 2. The summed E-state index contributed by atoms with van der Waals surface area (Å²) in [5, 5.41) is 12.1. The molecule has 0 bridgehead atoms. The fraction of sp³-hybridized carbons (Fsp3) is 0.273. The number of hydrogen-bond acceptors (Lipinski definition) is 6. The SMILES string of the molecule is COCCn1c(SCC(=O)Nc2ccc(C(C)=O)cc2)nnc1-c1cccc(C)c1. The third kappa shape index (κ3) is 5.55. The first-order valence-electron chi connectivity index (χ1n) is 9.50. The Labute approximate surface area is 179 Å². The van der Waals surface area contributed by atoms with Gasteiger partial charge in [0, 0.05) is 23.9 Å². The Balaban J connectivity index is 1.69. The Kier molecular flexibility index (Phi) is 7.37. The number of nitrogens with zero attached hydrogens (tertiary/aromatic N) is 3. The lowest BCUT2D eigenvalue weighted by Gasteiger charge is -2.10. The van der Waals surface area contributed by atoms with E-state index >= 15 is 0 Å². The van der Waals surface area contributed by atoms with Crippen molar-refractivity contribution in [1.82, 2.24) is 14.8 Å². The highest BCUT2D eigenvalue weighted by Crippen LogP contribution is 2.25. The molecular weight excluding hydrogens is 400 g/mol. The Morgan fingerprint density at radius 3 is 2.57 bits per heavy atom. The minimum absolute atomic E-state index is 0.0109. The van der Waals surface area contributed by atoms with Crippen molar-refractivity contribution in [1.29, 1.82) is 0 Å². The van der Waals surface area contributed by atoms with Crippen LogP contribution in [0.15, 0.2) is 53.7 Å². The highest BCUT2D eigenvalue weighted by atomic mass is 32.2. The van der Waals surface area contributed by atoms with Gasteiger partial charge >= 0.3 is 0 Å². The topological polar surface area (TPSA) is 86.1 Å². The number of aryl methyl sites for hydroxylation is 1. The van der Waals surface area contributed by atoms with Gasteiger partial charge in [-0.15, -0.1) is 10.2 Å². The molecule has 0 atom stereocenters. The number of Topliss-reactive ketones (excluding diaryl/α,β-unsaturated/α-hetero) is 1. The van der Waals surface area contributed by atoms with Crippen LogP contribution in [0.1, 0.15) is 22.8 Å². The van der Waals surface area contributed by atoms with Crippen molar-refractivity contribution in [2.75, 3.05) is 24.8 Å². The molecule has 8 heteroatoms. The van der Waals surface area contributed by atoms with E-state index in [9.17, 15) is 9.59 Å². The molecule has 1 heterocycles. The molecule has 0 aliphatic rings. The van der Waals surface area contributed by atoms with Crippen LogP contribution in [-0.4, -0.2) is 45.9 Å². The fourth-order valence-electron chi connectivity index (χ4n) is 2.89. The largest absolute Gasteiger partial charge is 0.383 e. The third-order valence-electron chi connectivity index (χ3n) is 4.42. The molecule has 1 N–H and O–H groups in total. The van der Waals surface area contributed by atoms with E-state index in [0.717, 1.165) is 17.0 Å². The van der Waals surface area contributed by atoms with E-state index in [1.165, 1.54) is 18.7 Å². The van der Waals surface area contributed by atoms with Crippen molar-refractivity contribution in [3.8, 4) is 11.4 Å². The smallest absolute Gasteiger partial charge is 0.234 e. The fourth-order valence-corrected chi connectivity index (χ4v) is 3.66. The summed E-state index contributed by atoms with van der Waals surface area (Å²) in [6, 6.07) is 14.9. The zero-order valence-electron chi connectivity index (χ0n) is 17.2. The molecule has 3 rings (SSSR count). The van der Waals surface area contributed by atoms with Crippen LogP contribution < -0.4 is 5.32 Å². The Hall–Kier alpha value is -2.97. The lowest BCUT2D eigenvalue weighted by atomic mass is 10.1. The average molecular weight is 425 g/mol. The monoisotopic (exact) mass is 424 g/mol. The lowest BCUT2D eigenvalue weighted by molar-refractivity contribution is -0.113. The molecule has 1 aromatic heterocycles. The quantitative estimate of drug-likeness (QED) is 0.415. The van der Waals surface area contributed by atoms with Gasteiger partial charge in [-0.05, 0) is 44.2 Å². The molecule has 1 amide bonds. The molecular formula is C22H24N4O3S. The number of benzene rings is 2. The standard InChI is InChI=1S/C22H24N4O3S/c1-15-5-4-6-18(13-15)21-24-25-22(26(21)11-12-29-3)30-14-20(28)23-19-9-7-17(8-10-19)16(2)27/h4-10,13H,11-12,14H2,1-3H3,(H,23,28). The van der Waals surface area contributed by atoms with E-state index in [4.69, 9.17) is 4.74 Å². The number of ketones is 1. The number of hydrogen-bond donors (Lipinski definition) is 1. The summed E-state index contributed by atoms with van der Waals surface area (Å²) in [5.74, 6) is 0.767. The van der Waals surface area contributed by atoms with E-state index < -0.39 is 0 Å². The van der Waals surface area contributed by atoms with Crippen molar-refractivity contribution in [2.24, 2.45) is 0 Å². The van der Waals surface area contributed by atoms with Gasteiger partial charge in [0.2, 0.25) is 5.91 Å². The maximum absolute atomic E-state index is 12.4. The van der Waals surface area contributed by atoms with Crippen molar-refractivity contribution < 1.29 is 14.3 Å². The highest BCUT2D eigenvalue weighted by Gasteiger charge is 2.16. The van der Waals surface area contributed by atoms with Crippen LogP contribution in [0.2, 0.25) is 0 Å². The number of rotatable bonds is 9. The summed E-state index contributed by atoms with van der Waals surface area (Å²) in [6.45, 7) is 4.64. The van der Waals surface area contributed by atoms with Gasteiger partial charge in [0.25, 0.3) is 0 Å². The van der Waals surface area contributed by atoms with Crippen LogP contribution in [-0.2, 0) is 16.1 Å². The van der Waals surface area contributed by atoms with Gasteiger partial charge in [-0.2, -0.15) is 0 Å². The number of thioether (sulfide) groups is 1. The molecule has 0 radical (unpaired) electrons. The van der Waals surface area contributed by atoms with Gasteiger partial charge in [0.05, 0.1) is 18.9 Å². The van der Waals surface area contributed by atoms with Crippen LogP contribution in [0.5, 0.6) is 0 Å². The highest BCUT2D eigenvalue weighted by molar-refractivity contribution is 7.99. The maximum Gasteiger partial charge on any atom is 0.234 e. The van der Waals surface area contributed by atoms with E-state index in [1.807, 2.05) is 29.7 Å². The van der Waals surface area contributed by atoms with Crippen molar-refractivity contribution in [3.63, 3.8) is 0 Å². The van der Waals surface area contributed by atoms with Crippen LogP contribution in [0.3, 0.4) is 0 Å². The minimum Gasteiger partial charge on any atom is -0.383 e. The van der Waals surface area contributed by atoms with Gasteiger partial charge in [0.1, 0.15) is 0 Å². The molecule has 156 valence electrons. The number of amides is 1. The molecule has 0 aliphatic carbocycles. The van der Waals surface area contributed by atoms with Crippen LogP contribution in [0.25, 0.3) is 11.4 Å². The molecule has 0 unspecified atom stereocenters. The predicted octanol–water partition coefficient (Wildman–Crippen LogP) is 3.83. The van der Waals surface area contributed by atoms with Crippen LogP contribution in [0.4, 0.5) is 5.69 Å². The second kappa shape index (κ2) is 10.2. The lowest BCUT2D eigenvalue weighted by Crippen LogP contribution is -2.15. The summed E-state index contributed by atoms with van der Waals surface area (Å²) >= 11 is 1.32. The second-order valence-electron chi connectivity index (χ2n) is 6.79. The molecule has 2 aromatic carbocycles. The Morgan fingerprint density at radius 1 is 1.13 bits per heavy atom. The average Bonchev–Trinajstić information content (AvgIpc) is 3.14. The normalized spacial score (nSPS) is 10.8. The maximum atomic E-state index is 12.4. The molecule has 0 spiro atoms. The molecule has 30 heavy (non-hydrogen) atoms. The van der Waals surface area contributed by atoms with Crippen LogP contribution >= 0.6 is 11.8 Å². The third-order valence-corrected chi connectivity index (χ3v) is 5.39. The number of nitrogens with one attached hydrogen (secondary N) is 1. The summed E-state index contributed by atoms with van der Waals surface area (Å²) in [5.41, 5.74) is 3.36. The van der Waals surface area contributed by atoms with E-state index in [-0.39, 0.29) is 17.4 Å². The van der Waals surface area contributed by atoms with Gasteiger partial charge in [-0.25, -0.2) is 0 Å². The second-order valence-corrected chi connectivity index (χ2v) is 7.73. The summed E-state index contributed by atoms with van der Waals surface area (Å²) < 4.78 is 7.20. The predicted molar refractivity (Wildman–Crippen MR) is 118 cm³/mol. The minimum atomic E-state index is -0.158. The number of anilines is 1. The number of methoxy groups -OCH3 is 1. The van der Waals surface area contributed by atoms with E-state index in [0.29, 0.717) is 29.6 Å². The zero-order valence-corrected chi connectivity index (χ0v) is 18.0. The van der Waals surface area contributed by atoms with Gasteiger partial charge < -0.3 is 10.1 Å². The Morgan fingerprint density at radius 2 is 1.90 bits per heavy atom. The first-order valence-corrected chi connectivity index (χ1v) is 10.5.